The number of thioether (sulfide) groups is 1. The molecule has 34 nitrogen and oxygen atoms in total. The predicted octanol–water partition coefficient (Wildman–Crippen LogP) is -2.54. The van der Waals surface area contributed by atoms with E-state index in [1.807, 2.05) is 20.1 Å². The molecule has 107 heavy (non-hydrogen) atoms. The topological polar surface area (TPSA) is 478 Å². The molecule has 0 aromatic rings. The molecule has 7 aliphatic rings. The van der Waals surface area contributed by atoms with Gasteiger partial charge >= 0.3 is 0 Å². The number of unbranched alkanes of at least 4 members (excludes halogenated alkanes) is 2. The molecule has 598 valence electrons. The van der Waals surface area contributed by atoms with Crippen molar-refractivity contribution in [2.24, 2.45) is 29.0 Å². The van der Waals surface area contributed by atoms with E-state index in [2.05, 4.69) is 37.2 Å². The van der Waals surface area contributed by atoms with E-state index in [4.69, 9.17) is 17.2 Å². The van der Waals surface area contributed by atoms with Crippen LogP contribution in [0.4, 0.5) is 0 Å². The van der Waals surface area contributed by atoms with Gasteiger partial charge in [0.15, 0.2) is 0 Å². The molecule has 14 N–H and O–H groups in total. The lowest BCUT2D eigenvalue weighted by atomic mass is 10.0. The molecule has 7 rings (SSSR count). The van der Waals surface area contributed by atoms with Crippen molar-refractivity contribution in [3.63, 3.8) is 0 Å². The van der Waals surface area contributed by atoms with Crippen LogP contribution in [-0.4, -0.2) is 289 Å². The second kappa shape index (κ2) is 40.3. The van der Waals surface area contributed by atoms with Crippen LogP contribution in [0, 0.1) is 11.8 Å². The molecule has 35 heteroatoms. The lowest BCUT2D eigenvalue weighted by molar-refractivity contribution is -0.151. The molecule has 7 saturated heterocycles. The van der Waals surface area contributed by atoms with Gasteiger partial charge in [-0.25, -0.2) is 0 Å². The van der Waals surface area contributed by atoms with E-state index >= 15 is 0 Å². The summed E-state index contributed by atoms with van der Waals surface area (Å²) in [6.45, 7) is 13.2. The normalized spacial score (nSPS) is 23.7. The number of nitrogens with two attached hydrogens (primary N) is 3. The molecule has 7 aliphatic heterocycles. The smallest absolute Gasteiger partial charge is 0.246 e. The summed E-state index contributed by atoms with van der Waals surface area (Å²) in [6.07, 6.45) is 7.62. The molecular formula is C72H117N17O17S. The highest BCUT2D eigenvalue weighted by atomic mass is 32.2. The molecule has 0 aliphatic carbocycles. The van der Waals surface area contributed by atoms with Gasteiger partial charge in [-0.3, -0.25) is 76.7 Å². The monoisotopic (exact) mass is 1520 g/mol. The lowest BCUT2D eigenvalue weighted by Gasteiger charge is -2.35. The van der Waals surface area contributed by atoms with Crippen LogP contribution in [0.1, 0.15) is 190 Å². The minimum absolute atomic E-state index is 0.120. The van der Waals surface area contributed by atoms with E-state index in [0.717, 1.165) is 12.8 Å². The van der Waals surface area contributed by atoms with E-state index in [1.165, 1.54) is 66.8 Å². The van der Waals surface area contributed by atoms with Gasteiger partial charge in [0.25, 0.3) is 0 Å². The second-order valence-corrected chi connectivity index (χ2v) is 31.4. The summed E-state index contributed by atoms with van der Waals surface area (Å²) in [5.74, 6) is -9.81. The van der Waals surface area contributed by atoms with E-state index in [9.17, 15) is 81.8 Å². The summed E-state index contributed by atoms with van der Waals surface area (Å²) in [4.78, 5) is 232. The van der Waals surface area contributed by atoms with Gasteiger partial charge in [-0.05, 0) is 173 Å². The maximum Gasteiger partial charge on any atom is 0.246 e. The van der Waals surface area contributed by atoms with Crippen LogP contribution in [-0.2, 0) is 76.7 Å². The van der Waals surface area contributed by atoms with Gasteiger partial charge in [-0.2, -0.15) is 11.8 Å². The van der Waals surface area contributed by atoms with Gasteiger partial charge in [0, 0.05) is 58.7 Å². The number of aliphatic hydroxyl groups excluding tert-OH is 1. The zero-order chi connectivity index (χ0) is 78.7. The number of hydrogen-bond donors (Lipinski definition) is 11. The lowest BCUT2D eigenvalue weighted by Crippen LogP contribution is -2.61. The van der Waals surface area contributed by atoms with E-state index in [0.29, 0.717) is 63.7 Å². The number of carbonyl (C=O) groups excluding carboxylic acids is 16. The number of aliphatic hydroxyl groups is 1. The molecule has 0 unspecified atom stereocenters. The summed E-state index contributed by atoms with van der Waals surface area (Å²) in [7, 11) is 0. The average molecular weight is 1520 g/mol. The van der Waals surface area contributed by atoms with Crippen LogP contribution in [0.3, 0.4) is 0 Å². The predicted molar refractivity (Wildman–Crippen MR) is 392 cm³/mol. The third-order valence-corrected chi connectivity index (χ3v) is 22.2. The van der Waals surface area contributed by atoms with Gasteiger partial charge in [0.2, 0.25) is 94.5 Å². The fraction of sp³-hybridized carbons (Fsp3) is 0.778. The van der Waals surface area contributed by atoms with E-state index < -0.39 is 185 Å². The highest BCUT2D eigenvalue weighted by Crippen LogP contribution is 2.32. The van der Waals surface area contributed by atoms with Crippen molar-refractivity contribution in [2.75, 3.05) is 64.4 Å². The van der Waals surface area contributed by atoms with Crippen LogP contribution < -0.4 is 54.4 Å². The van der Waals surface area contributed by atoms with Gasteiger partial charge < -0.3 is 93.8 Å². The molecular weight excluding hydrogens is 1410 g/mol. The molecule has 0 saturated carbocycles. The standard InChI is InChI=1S/C72H117N17O17S/c1-40(2)39-47(68(102)84-32-13-19-48(84)61(95)77-42(5)60(94)81-57(41(3)4)72(106)89-37-18-25-54(89)70(104)85-33-14-20-49(85)62(96)78-45(59(75)93)27-28-55(74)91)80-63(97)50-21-15-34-86(50)69(103)53-24-17-36-88(53)71(105)52-23-16-35-87(52)67(101)46(29-38-107-8)79-65(99)58(44(7)90)82-64(98)51-22-12-31-83(51)66(100)43(6)76-56(92)26-10-9-11-30-73/h40-54,57-58,90H,9-39,73H2,1-8H3,(H2,74,91)(H2,75,93)(H,76,92)(H,77,95)(H,78,96)(H,79,99)(H,80,97)(H,81,94)(H,82,98)/t42-,43-,44+,45-,46-,47-,48-,49-,50-,51-,52-,53-,54-,57-,58-/m0/s1. The Hall–Kier alpha value is -8.21. The molecule has 7 fully saturated rings. The first kappa shape index (κ1) is 86.0. The van der Waals surface area contributed by atoms with Crippen molar-refractivity contribution in [3.05, 3.63) is 0 Å². The number of amides is 16. The molecule has 16 amide bonds. The average Bonchev–Trinajstić information content (AvgIpc) is 1.67. The summed E-state index contributed by atoms with van der Waals surface area (Å²) in [5.41, 5.74) is 16.3. The number of carbonyl (C=O) groups is 16. The van der Waals surface area contributed by atoms with Crippen molar-refractivity contribution < 1.29 is 81.8 Å². The summed E-state index contributed by atoms with van der Waals surface area (Å²) >= 11 is 1.41. The van der Waals surface area contributed by atoms with Crippen LogP contribution in [0.25, 0.3) is 0 Å². The van der Waals surface area contributed by atoms with Crippen LogP contribution >= 0.6 is 11.8 Å². The van der Waals surface area contributed by atoms with Gasteiger partial charge in [-0.1, -0.05) is 34.1 Å². The van der Waals surface area contributed by atoms with Gasteiger partial charge in [0.1, 0.15) is 84.6 Å². The molecule has 0 aromatic carbocycles. The number of hydrogen-bond acceptors (Lipinski definition) is 19. The summed E-state index contributed by atoms with van der Waals surface area (Å²) < 4.78 is 0. The Morgan fingerprint density at radius 2 is 0.822 bits per heavy atom. The number of nitrogens with zero attached hydrogens (tertiary/aromatic N) is 7. The van der Waals surface area contributed by atoms with E-state index in [1.54, 1.807) is 13.8 Å². The fourth-order valence-corrected chi connectivity index (χ4v) is 16.3. The minimum Gasteiger partial charge on any atom is -0.391 e. The van der Waals surface area contributed by atoms with E-state index in [-0.39, 0.29) is 135 Å². The fourth-order valence-electron chi connectivity index (χ4n) is 15.8. The number of likely N-dealkylation sites (tertiary alicyclic amines) is 7. The molecule has 7 heterocycles. The van der Waals surface area contributed by atoms with Crippen LogP contribution in [0.5, 0.6) is 0 Å². The van der Waals surface area contributed by atoms with Crippen molar-refractivity contribution in [1.29, 1.82) is 0 Å². The molecule has 15 atom stereocenters. The second-order valence-electron chi connectivity index (χ2n) is 30.4. The number of rotatable bonds is 36. The minimum atomic E-state index is -1.55. The first-order valence-corrected chi connectivity index (χ1v) is 39.9. The quantitative estimate of drug-likeness (QED) is 0.0288. The molecule has 0 spiro atoms. The van der Waals surface area contributed by atoms with Crippen molar-refractivity contribution in [2.45, 2.75) is 280 Å². The zero-order valence-electron chi connectivity index (χ0n) is 63.5. The zero-order valence-corrected chi connectivity index (χ0v) is 64.3. The summed E-state index contributed by atoms with van der Waals surface area (Å²) in [6, 6.07) is -15.4. The maximum absolute atomic E-state index is 14.9. The van der Waals surface area contributed by atoms with Crippen molar-refractivity contribution in [1.82, 2.24) is 71.5 Å². The largest absolute Gasteiger partial charge is 0.391 e. The van der Waals surface area contributed by atoms with Crippen LogP contribution in [0.2, 0.25) is 0 Å². The first-order chi connectivity index (χ1) is 50.8. The van der Waals surface area contributed by atoms with Crippen LogP contribution in [0.15, 0.2) is 0 Å². The Morgan fingerprint density at radius 1 is 0.411 bits per heavy atom. The molecule has 0 aromatic heterocycles. The first-order valence-electron chi connectivity index (χ1n) is 38.5. The third-order valence-electron chi connectivity index (χ3n) is 21.6. The Morgan fingerprint density at radius 3 is 1.28 bits per heavy atom. The molecule has 0 radical (unpaired) electrons. The maximum atomic E-state index is 14.9. The Balaban J connectivity index is 0.938. The summed E-state index contributed by atoms with van der Waals surface area (Å²) in [5, 5.41) is 30.0. The Labute approximate surface area is 630 Å². The highest BCUT2D eigenvalue weighted by Gasteiger charge is 2.50. The van der Waals surface area contributed by atoms with Gasteiger partial charge in [-0.15, -0.1) is 0 Å². The highest BCUT2D eigenvalue weighted by molar-refractivity contribution is 7.98. The number of nitrogens with one attached hydrogen (secondary N) is 7. The van der Waals surface area contributed by atoms with Crippen molar-refractivity contribution in [3.8, 4) is 0 Å². The third kappa shape index (κ3) is 22.3. The SMILES string of the molecule is CSCC[C@H](NC(=O)[C@@H](NC(=O)[C@@H]1CCCN1C(=O)[C@H](C)NC(=O)CCCCCN)[C@@H](C)O)C(=O)N1CCC[C@H]1C(=O)N1CCC[C@H]1C(=O)N1CCC[C@H]1C(=O)N[C@@H](CC(C)C)C(=O)N1CCC[C@H]1C(=O)N[C@@H](C)C(=O)N[C@H](C(=O)N1CCC[C@H]1C(=O)N1CCC[C@H]1C(=O)N[C@@H](CCC(N)=O)C(N)=O)C(C)C. The van der Waals surface area contributed by atoms with Gasteiger partial charge in [0.05, 0.1) is 6.10 Å². The molecule has 0 bridgehead atoms. The van der Waals surface area contributed by atoms with Crippen molar-refractivity contribution >= 4 is 106 Å². The Kier molecular flexibility index (Phi) is 32.4. The number of primary amides is 2. The Bertz CT molecular complexity index is 3250.